The highest BCUT2D eigenvalue weighted by Gasteiger charge is 2.09. The van der Waals surface area contributed by atoms with Crippen molar-refractivity contribution in [2.75, 3.05) is 12.8 Å². The van der Waals surface area contributed by atoms with Gasteiger partial charge in [0, 0.05) is 5.56 Å². The minimum absolute atomic E-state index is 0.214. The van der Waals surface area contributed by atoms with Gasteiger partial charge in [0.25, 0.3) is 0 Å². The van der Waals surface area contributed by atoms with E-state index in [1.54, 1.807) is 20.1 Å². The van der Waals surface area contributed by atoms with E-state index in [0.717, 1.165) is 5.56 Å². The molecule has 0 fully saturated rings. The van der Waals surface area contributed by atoms with Crippen LogP contribution in [-0.4, -0.2) is 12.2 Å². The summed E-state index contributed by atoms with van der Waals surface area (Å²) in [5.74, 6) is 0.858. The molecular weight excluding hydrogens is 154 g/mol. The summed E-state index contributed by atoms with van der Waals surface area (Å²) in [5.41, 5.74) is 7.73. The zero-order valence-corrected chi connectivity index (χ0v) is 7.51. The molecule has 0 aliphatic carbocycles. The summed E-state index contributed by atoms with van der Waals surface area (Å²) in [7, 11) is 1.56. The van der Waals surface area contributed by atoms with E-state index >= 15 is 0 Å². The molecule has 0 saturated carbocycles. The van der Waals surface area contributed by atoms with Gasteiger partial charge in [-0.3, -0.25) is 0 Å². The Morgan fingerprint density at radius 1 is 1.42 bits per heavy atom. The van der Waals surface area contributed by atoms with Gasteiger partial charge in [0.15, 0.2) is 0 Å². The lowest BCUT2D eigenvalue weighted by atomic mass is 10.1. The number of nitrogen functional groups attached to an aromatic ring is 1. The molecular formula is C9H13NO2. The molecule has 3 N–H and O–H groups in total. The van der Waals surface area contributed by atoms with Crippen LogP contribution in [0.5, 0.6) is 11.5 Å². The average molecular weight is 167 g/mol. The van der Waals surface area contributed by atoms with Crippen LogP contribution in [0.4, 0.5) is 5.69 Å². The number of rotatable bonds is 1. The van der Waals surface area contributed by atoms with Crippen LogP contribution in [-0.2, 0) is 0 Å². The molecule has 0 aromatic heterocycles. The molecule has 1 aromatic rings. The maximum Gasteiger partial charge on any atom is 0.145 e. The number of aromatic hydroxyl groups is 1. The van der Waals surface area contributed by atoms with Crippen molar-refractivity contribution in [2.24, 2.45) is 0 Å². The molecule has 0 amide bonds. The Labute approximate surface area is 71.8 Å². The summed E-state index contributed by atoms with van der Waals surface area (Å²) in [6.07, 6.45) is 0. The van der Waals surface area contributed by atoms with Crippen LogP contribution in [0, 0.1) is 13.8 Å². The minimum Gasteiger partial charge on any atom is -0.508 e. The summed E-state index contributed by atoms with van der Waals surface area (Å²) >= 11 is 0. The predicted octanol–water partition coefficient (Wildman–Crippen LogP) is 1.60. The van der Waals surface area contributed by atoms with Crippen molar-refractivity contribution < 1.29 is 9.84 Å². The van der Waals surface area contributed by atoms with Gasteiger partial charge in [0.05, 0.1) is 12.8 Å². The SMILES string of the molecule is COc1c(C)cc(O)c(C)c1N. The van der Waals surface area contributed by atoms with E-state index in [1.807, 2.05) is 6.92 Å². The number of phenols is 1. The molecule has 0 radical (unpaired) electrons. The van der Waals surface area contributed by atoms with Crippen molar-refractivity contribution in [2.45, 2.75) is 13.8 Å². The normalized spacial score (nSPS) is 9.92. The number of hydrogen-bond donors (Lipinski definition) is 2. The van der Waals surface area contributed by atoms with Crippen LogP contribution in [0.25, 0.3) is 0 Å². The van der Waals surface area contributed by atoms with E-state index in [9.17, 15) is 5.11 Å². The number of methoxy groups -OCH3 is 1. The summed E-state index contributed by atoms with van der Waals surface area (Å²) < 4.78 is 5.08. The molecule has 0 bridgehead atoms. The Bertz CT molecular complexity index is 308. The second-order valence-corrected chi connectivity index (χ2v) is 2.78. The predicted molar refractivity (Wildman–Crippen MR) is 48.5 cm³/mol. The number of anilines is 1. The fourth-order valence-electron chi connectivity index (χ4n) is 1.17. The smallest absolute Gasteiger partial charge is 0.145 e. The highest BCUT2D eigenvalue weighted by molar-refractivity contribution is 5.65. The third-order valence-corrected chi connectivity index (χ3v) is 1.95. The van der Waals surface area contributed by atoms with Crippen LogP contribution in [0.3, 0.4) is 0 Å². The summed E-state index contributed by atoms with van der Waals surface area (Å²) in [6.45, 7) is 3.60. The van der Waals surface area contributed by atoms with E-state index in [2.05, 4.69) is 0 Å². The largest absolute Gasteiger partial charge is 0.508 e. The monoisotopic (exact) mass is 167 g/mol. The van der Waals surface area contributed by atoms with Crippen molar-refractivity contribution in [3.05, 3.63) is 17.2 Å². The van der Waals surface area contributed by atoms with Gasteiger partial charge in [-0.1, -0.05) is 0 Å². The van der Waals surface area contributed by atoms with Gasteiger partial charge in [-0.15, -0.1) is 0 Å². The van der Waals surface area contributed by atoms with E-state index < -0.39 is 0 Å². The first kappa shape index (κ1) is 8.71. The molecule has 12 heavy (non-hydrogen) atoms. The van der Waals surface area contributed by atoms with Crippen molar-refractivity contribution in [3.63, 3.8) is 0 Å². The molecule has 0 spiro atoms. The number of nitrogens with two attached hydrogens (primary N) is 1. The fraction of sp³-hybridized carbons (Fsp3) is 0.333. The van der Waals surface area contributed by atoms with E-state index in [0.29, 0.717) is 17.0 Å². The third-order valence-electron chi connectivity index (χ3n) is 1.95. The Morgan fingerprint density at radius 3 is 2.50 bits per heavy atom. The number of hydrogen-bond acceptors (Lipinski definition) is 3. The number of ether oxygens (including phenoxy) is 1. The summed E-state index contributed by atoms with van der Waals surface area (Å²) in [5, 5.41) is 9.37. The molecule has 0 atom stereocenters. The second-order valence-electron chi connectivity index (χ2n) is 2.78. The van der Waals surface area contributed by atoms with Gasteiger partial charge >= 0.3 is 0 Å². The highest BCUT2D eigenvalue weighted by Crippen LogP contribution is 2.34. The molecule has 0 aliphatic heterocycles. The van der Waals surface area contributed by atoms with Crippen molar-refractivity contribution in [3.8, 4) is 11.5 Å². The second kappa shape index (κ2) is 2.93. The van der Waals surface area contributed by atoms with E-state index in [4.69, 9.17) is 10.5 Å². The average Bonchev–Trinajstić information content (AvgIpc) is 2.01. The molecule has 66 valence electrons. The molecule has 0 aliphatic rings. The zero-order chi connectivity index (χ0) is 9.30. The van der Waals surface area contributed by atoms with Gasteiger partial charge in [-0.25, -0.2) is 0 Å². The molecule has 3 nitrogen and oxygen atoms in total. The molecule has 0 heterocycles. The Balaban J connectivity index is 3.40. The Kier molecular flexibility index (Phi) is 2.13. The molecule has 3 heteroatoms. The van der Waals surface area contributed by atoms with E-state index in [-0.39, 0.29) is 5.75 Å². The Hall–Kier alpha value is -1.38. The van der Waals surface area contributed by atoms with Gasteiger partial charge in [-0.05, 0) is 25.5 Å². The number of benzene rings is 1. The van der Waals surface area contributed by atoms with Crippen molar-refractivity contribution in [1.82, 2.24) is 0 Å². The van der Waals surface area contributed by atoms with Gasteiger partial charge in [-0.2, -0.15) is 0 Å². The zero-order valence-electron chi connectivity index (χ0n) is 7.51. The first-order chi connectivity index (χ1) is 5.57. The molecule has 0 unspecified atom stereocenters. The third kappa shape index (κ3) is 1.18. The lowest BCUT2D eigenvalue weighted by Gasteiger charge is -2.11. The highest BCUT2D eigenvalue weighted by atomic mass is 16.5. The lowest BCUT2D eigenvalue weighted by Crippen LogP contribution is -1.97. The first-order valence-corrected chi connectivity index (χ1v) is 3.70. The van der Waals surface area contributed by atoms with Crippen LogP contribution >= 0.6 is 0 Å². The standard InChI is InChI=1S/C9H13NO2/c1-5-4-7(11)6(2)8(10)9(5)12-3/h4,11H,10H2,1-3H3. The maximum absolute atomic E-state index is 9.37. The summed E-state index contributed by atoms with van der Waals surface area (Å²) in [6, 6.07) is 1.64. The van der Waals surface area contributed by atoms with Gasteiger partial charge in [0.1, 0.15) is 11.5 Å². The van der Waals surface area contributed by atoms with Crippen molar-refractivity contribution in [1.29, 1.82) is 0 Å². The maximum atomic E-state index is 9.37. The van der Waals surface area contributed by atoms with Crippen molar-refractivity contribution >= 4 is 5.69 Å². The number of phenolic OH excluding ortho intramolecular Hbond substituents is 1. The molecule has 1 aromatic carbocycles. The van der Waals surface area contributed by atoms with Gasteiger partial charge in [0.2, 0.25) is 0 Å². The van der Waals surface area contributed by atoms with Crippen LogP contribution < -0.4 is 10.5 Å². The first-order valence-electron chi connectivity index (χ1n) is 3.70. The summed E-state index contributed by atoms with van der Waals surface area (Å²) in [4.78, 5) is 0. The fourth-order valence-corrected chi connectivity index (χ4v) is 1.17. The molecule has 1 rings (SSSR count). The quantitative estimate of drug-likeness (QED) is 0.624. The molecule has 0 saturated heterocycles. The van der Waals surface area contributed by atoms with Crippen LogP contribution in [0.2, 0.25) is 0 Å². The Morgan fingerprint density at radius 2 is 2.00 bits per heavy atom. The topological polar surface area (TPSA) is 55.5 Å². The van der Waals surface area contributed by atoms with Crippen LogP contribution in [0.1, 0.15) is 11.1 Å². The number of aryl methyl sites for hydroxylation is 1. The van der Waals surface area contributed by atoms with Gasteiger partial charge < -0.3 is 15.6 Å². The minimum atomic E-state index is 0.214. The van der Waals surface area contributed by atoms with Crippen LogP contribution in [0.15, 0.2) is 6.07 Å². The lowest BCUT2D eigenvalue weighted by molar-refractivity contribution is 0.410. The van der Waals surface area contributed by atoms with E-state index in [1.165, 1.54) is 0 Å².